The Morgan fingerprint density at radius 1 is 1.38 bits per heavy atom. The van der Waals surface area contributed by atoms with Crippen LogP contribution in [-0.4, -0.2) is 45.9 Å². The summed E-state index contributed by atoms with van der Waals surface area (Å²) < 4.78 is 0. The molecule has 5 nitrogen and oxygen atoms in total. The van der Waals surface area contributed by atoms with Crippen molar-refractivity contribution in [2.45, 2.75) is 31.3 Å². The zero-order chi connectivity index (χ0) is 11.0. The van der Waals surface area contributed by atoms with Gasteiger partial charge in [-0.25, -0.2) is 4.98 Å². The van der Waals surface area contributed by atoms with E-state index in [2.05, 4.69) is 15.3 Å². The van der Waals surface area contributed by atoms with E-state index in [1.165, 1.54) is 12.8 Å². The van der Waals surface area contributed by atoms with Gasteiger partial charge in [0.25, 0.3) is 5.91 Å². The molecule has 5 heteroatoms. The number of likely N-dealkylation sites (tertiary alicyclic amines) is 1. The van der Waals surface area contributed by atoms with E-state index in [1.807, 2.05) is 4.90 Å². The number of fused-ring (bicyclic) bond motifs is 2. The maximum atomic E-state index is 12.1. The molecule has 2 N–H and O–H groups in total. The van der Waals surface area contributed by atoms with E-state index in [1.54, 1.807) is 12.5 Å². The van der Waals surface area contributed by atoms with Crippen molar-refractivity contribution in [1.29, 1.82) is 0 Å². The molecular weight excluding hydrogens is 204 g/mol. The van der Waals surface area contributed by atoms with Crippen molar-refractivity contribution < 1.29 is 4.79 Å². The molecule has 1 aromatic heterocycles. The third-order valence-corrected chi connectivity index (χ3v) is 3.54. The monoisotopic (exact) mass is 220 g/mol. The van der Waals surface area contributed by atoms with Crippen molar-refractivity contribution in [3.05, 3.63) is 18.2 Å². The van der Waals surface area contributed by atoms with Crippen molar-refractivity contribution in [3.8, 4) is 0 Å². The Morgan fingerprint density at radius 2 is 2.25 bits per heavy atom. The first-order chi connectivity index (χ1) is 7.83. The average molecular weight is 220 g/mol. The fraction of sp³-hybridized carbons (Fsp3) is 0.636. The van der Waals surface area contributed by atoms with Gasteiger partial charge in [0.2, 0.25) is 0 Å². The number of carbonyl (C=O) groups is 1. The lowest BCUT2D eigenvalue weighted by Crippen LogP contribution is -2.39. The van der Waals surface area contributed by atoms with Gasteiger partial charge in [-0.15, -0.1) is 0 Å². The van der Waals surface area contributed by atoms with Gasteiger partial charge in [-0.05, 0) is 19.3 Å². The molecule has 2 atom stereocenters. The number of nitrogens with one attached hydrogen (secondary N) is 2. The summed E-state index contributed by atoms with van der Waals surface area (Å²) in [7, 11) is 0. The number of carbonyl (C=O) groups excluding carboxylic acids is 1. The predicted molar refractivity (Wildman–Crippen MR) is 59.1 cm³/mol. The Kier molecular flexibility index (Phi) is 2.40. The van der Waals surface area contributed by atoms with E-state index < -0.39 is 0 Å². The van der Waals surface area contributed by atoms with E-state index >= 15 is 0 Å². The van der Waals surface area contributed by atoms with E-state index in [0.29, 0.717) is 17.8 Å². The summed E-state index contributed by atoms with van der Waals surface area (Å²) in [6, 6.07) is 1.10. The number of hydrogen-bond donors (Lipinski definition) is 2. The number of rotatable bonds is 1. The smallest absolute Gasteiger partial charge is 0.271 e. The highest BCUT2D eigenvalue weighted by molar-refractivity contribution is 5.92. The van der Waals surface area contributed by atoms with Crippen LogP contribution in [-0.2, 0) is 0 Å². The van der Waals surface area contributed by atoms with Crippen LogP contribution in [0.4, 0.5) is 0 Å². The van der Waals surface area contributed by atoms with Crippen LogP contribution in [0.3, 0.4) is 0 Å². The van der Waals surface area contributed by atoms with Gasteiger partial charge in [-0.3, -0.25) is 4.79 Å². The molecule has 0 saturated carbocycles. The molecule has 1 aromatic rings. The summed E-state index contributed by atoms with van der Waals surface area (Å²) in [5.74, 6) is 0.0758. The van der Waals surface area contributed by atoms with Crippen molar-refractivity contribution >= 4 is 5.91 Å². The number of aromatic nitrogens is 2. The van der Waals surface area contributed by atoms with E-state index in [-0.39, 0.29) is 5.91 Å². The summed E-state index contributed by atoms with van der Waals surface area (Å²) in [6.07, 6.45) is 6.67. The Hall–Kier alpha value is -1.36. The maximum absolute atomic E-state index is 12.1. The summed E-state index contributed by atoms with van der Waals surface area (Å²) in [4.78, 5) is 20.8. The molecule has 2 aliphatic rings. The fourth-order valence-electron chi connectivity index (χ4n) is 2.67. The SMILES string of the molecule is O=C(c1cnc[nH]1)N1CCC2CCC(C1)N2. The topological polar surface area (TPSA) is 61.0 Å². The van der Waals surface area contributed by atoms with Gasteiger partial charge in [0.05, 0.1) is 12.5 Å². The van der Waals surface area contributed by atoms with E-state index in [4.69, 9.17) is 0 Å². The van der Waals surface area contributed by atoms with Crippen LogP contribution in [0, 0.1) is 0 Å². The van der Waals surface area contributed by atoms with E-state index in [9.17, 15) is 4.79 Å². The first kappa shape index (κ1) is 9.84. The number of nitrogens with zero attached hydrogens (tertiary/aromatic N) is 2. The number of amides is 1. The predicted octanol–water partition coefficient (Wildman–Crippen LogP) is 0.376. The first-order valence-electron chi connectivity index (χ1n) is 5.86. The molecule has 3 rings (SSSR count). The number of H-pyrrole nitrogens is 1. The van der Waals surface area contributed by atoms with Crippen LogP contribution in [0.15, 0.2) is 12.5 Å². The number of aromatic amines is 1. The molecule has 2 unspecified atom stereocenters. The largest absolute Gasteiger partial charge is 0.341 e. The highest BCUT2D eigenvalue weighted by atomic mass is 16.2. The van der Waals surface area contributed by atoms with Gasteiger partial charge < -0.3 is 15.2 Å². The molecule has 0 aromatic carbocycles. The summed E-state index contributed by atoms with van der Waals surface area (Å²) in [5.41, 5.74) is 0.595. The second-order valence-electron chi connectivity index (χ2n) is 4.64. The minimum Gasteiger partial charge on any atom is -0.341 e. The lowest BCUT2D eigenvalue weighted by Gasteiger charge is -2.23. The second kappa shape index (κ2) is 3.90. The highest BCUT2D eigenvalue weighted by Crippen LogP contribution is 2.21. The van der Waals surface area contributed by atoms with Crippen molar-refractivity contribution in [2.24, 2.45) is 0 Å². The summed E-state index contributed by atoms with van der Waals surface area (Å²) in [6.45, 7) is 1.68. The molecule has 1 amide bonds. The van der Waals surface area contributed by atoms with Gasteiger partial charge in [0.15, 0.2) is 0 Å². The molecule has 2 bridgehead atoms. The van der Waals surface area contributed by atoms with Crippen LogP contribution in [0.1, 0.15) is 29.8 Å². The average Bonchev–Trinajstić information content (AvgIpc) is 2.87. The molecule has 16 heavy (non-hydrogen) atoms. The van der Waals surface area contributed by atoms with Crippen LogP contribution in [0.2, 0.25) is 0 Å². The minimum atomic E-state index is 0.0758. The van der Waals surface area contributed by atoms with Crippen molar-refractivity contribution in [1.82, 2.24) is 20.2 Å². The van der Waals surface area contributed by atoms with Crippen LogP contribution < -0.4 is 5.32 Å². The molecule has 0 radical (unpaired) electrons. The molecule has 0 spiro atoms. The Bertz CT molecular complexity index is 375. The van der Waals surface area contributed by atoms with Crippen molar-refractivity contribution in [3.63, 3.8) is 0 Å². The van der Waals surface area contributed by atoms with Gasteiger partial charge in [-0.2, -0.15) is 0 Å². The lowest BCUT2D eigenvalue weighted by atomic mass is 10.1. The fourth-order valence-corrected chi connectivity index (χ4v) is 2.67. The van der Waals surface area contributed by atoms with Crippen LogP contribution in [0.5, 0.6) is 0 Å². The molecule has 2 fully saturated rings. The molecule has 3 heterocycles. The number of hydrogen-bond acceptors (Lipinski definition) is 3. The molecular formula is C11H16N4O. The Balaban J connectivity index is 1.73. The summed E-state index contributed by atoms with van der Waals surface area (Å²) in [5, 5.41) is 3.56. The standard InChI is InChI=1S/C11H16N4O/c16-11(10-5-12-7-13-10)15-4-3-8-1-2-9(6-15)14-8/h5,7-9,14H,1-4,6H2,(H,12,13). The highest BCUT2D eigenvalue weighted by Gasteiger charge is 2.31. The molecule has 0 aliphatic carbocycles. The van der Waals surface area contributed by atoms with Gasteiger partial charge in [-0.1, -0.05) is 0 Å². The minimum absolute atomic E-state index is 0.0758. The van der Waals surface area contributed by atoms with Gasteiger partial charge in [0.1, 0.15) is 5.69 Å². The third kappa shape index (κ3) is 1.71. The normalized spacial score (nSPS) is 29.1. The first-order valence-corrected chi connectivity index (χ1v) is 5.86. The number of imidazole rings is 1. The quantitative estimate of drug-likeness (QED) is 0.719. The zero-order valence-electron chi connectivity index (χ0n) is 9.15. The van der Waals surface area contributed by atoms with Crippen molar-refractivity contribution in [2.75, 3.05) is 13.1 Å². The molecule has 2 saturated heterocycles. The zero-order valence-corrected chi connectivity index (χ0v) is 9.15. The van der Waals surface area contributed by atoms with Crippen LogP contribution >= 0.6 is 0 Å². The van der Waals surface area contributed by atoms with Gasteiger partial charge in [0, 0.05) is 25.2 Å². The van der Waals surface area contributed by atoms with Gasteiger partial charge >= 0.3 is 0 Å². The lowest BCUT2D eigenvalue weighted by molar-refractivity contribution is 0.0743. The third-order valence-electron chi connectivity index (χ3n) is 3.54. The molecule has 2 aliphatic heterocycles. The Morgan fingerprint density at radius 3 is 3.06 bits per heavy atom. The summed E-state index contributed by atoms with van der Waals surface area (Å²) >= 11 is 0. The van der Waals surface area contributed by atoms with Crippen LogP contribution in [0.25, 0.3) is 0 Å². The van der Waals surface area contributed by atoms with E-state index in [0.717, 1.165) is 19.5 Å². The Labute approximate surface area is 94.2 Å². The maximum Gasteiger partial charge on any atom is 0.271 e. The second-order valence-corrected chi connectivity index (χ2v) is 4.64. The molecule has 86 valence electrons.